The highest BCUT2D eigenvalue weighted by molar-refractivity contribution is 7.89. The molecule has 0 aromatic heterocycles. The zero-order valence-electron chi connectivity index (χ0n) is 17.0. The Morgan fingerprint density at radius 1 is 1.06 bits per heavy atom. The van der Waals surface area contributed by atoms with E-state index in [9.17, 15) is 18.6 Å². The Morgan fingerprint density at radius 3 is 2.47 bits per heavy atom. The van der Waals surface area contributed by atoms with E-state index in [0.717, 1.165) is 16.3 Å². The van der Waals surface area contributed by atoms with Gasteiger partial charge >= 0.3 is 5.97 Å². The van der Waals surface area contributed by atoms with E-state index in [1.54, 1.807) is 42.5 Å². The number of amides is 2. The van der Waals surface area contributed by atoms with E-state index in [4.69, 9.17) is 9.92 Å². The van der Waals surface area contributed by atoms with E-state index < -0.39 is 39.9 Å². The lowest BCUT2D eigenvalue weighted by atomic mass is 10.0. The van der Waals surface area contributed by atoms with Crippen LogP contribution >= 0.6 is 0 Å². The second-order valence-corrected chi connectivity index (χ2v) is 9.22. The summed E-state index contributed by atoms with van der Waals surface area (Å²) in [5, 5.41) is 4.24. The minimum atomic E-state index is -3.62. The summed E-state index contributed by atoms with van der Waals surface area (Å²) in [7, 11) is -3.62. The number of carbonyl (C=O) groups is 3. The second-order valence-electron chi connectivity index (χ2n) is 7.42. The van der Waals surface area contributed by atoms with Crippen LogP contribution in [0.25, 0.3) is 10.8 Å². The van der Waals surface area contributed by atoms with Crippen molar-refractivity contribution in [2.24, 2.45) is 10.1 Å². The third-order valence-electron chi connectivity index (χ3n) is 5.10. The molecule has 3 atom stereocenters. The normalized spacial score (nSPS) is 21.2. The first-order valence-electron chi connectivity index (χ1n) is 9.95. The first-order valence-corrected chi connectivity index (χ1v) is 11.4. The molecule has 1 aliphatic heterocycles. The predicted molar refractivity (Wildman–Crippen MR) is 119 cm³/mol. The van der Waals surface area contributed by atoms with Crippen LogP contribution < -0.4 is 11.1 Å². The molecule has 2 amide bonds. The number of primary amides is 1. The van der Waals surface area contributed by atoms with Crippen molar-refractivity contribution in [2.75, 3.05) is 0 Å². The van der Waals surface area contributed by atoms with Crippen molar-refractivity contribution < 1.29 is 22.8 Å². The van der Waals surface area contributed by atoms with Gasteiger partial charge in [0.2, 0.25) is 21.8 Å². The summed E-state index contributed by atoms with van der Waals surface area (Å²) in [6.45, 7) is 0. The van der Waals surface area contributed by atoms with Crippen LogP contribution in [-0.4, -0.2) is 34.1 Å². The molecule has 8 nitrogen and oxygen atoms in total. The van der Waals surface area contributed by atoms with Gasteiger partial charge in [-0.15, -0.1) is 0 Å². The molecular weight excluding hydrogens is 430 g/mol. The summed E-state index contributed by atoms with van der Waals surface area (Å²) in [6, 6.07) is 19.1. The van der Waals surface area contributed by atoms with Gasteiger partial charge in [0, 0.05) is 6.42 Å². The minimum Gasteiger partial charge on any atom is -0.368 e. The van der Waals surface area contributed by atoms with Crippen LogP contribution in [0.15, 0.2) is 82.1 Å². The number of fused-ring (bicyclic) bond motifs is 1. The first kappa shape index (κ1) is 21.5. The zero-order chi connectivity index (χ0) is 22.7. The fourth-order valence-electron chi connectivity index (χ4n) is 3.46. The fourth-order valence-corrected chi connectivity index (χ4v) is 5.06. The van der Waals surface area contributed by atoms with Crippen molar-refractivity contribution in [1.29, 1.82) is 0 Å². The van der Waals surface area contributed by atoms with Crippen molar-refractivity contribution in [3.63, 3.8) is 0 Å². The maximum Gasteiger partial charge on any atom is 0.323 e. The first-order chi connectivity index (χ1) is 15.3. The van der Waals surface area contributed by atoms with Crippen molar-refractivity contribution in [3.8, 4) is 0 Å². The molecule has 164 valence electrons. The van der Waals surface area contributed by atoms with Gasteiger partial charge in [-0.1, -0.05) is 60.7 Å². The quantitative estimate of drug-likeness (QED) is 0.593. The minimum absolute atomic E-state index is 0.180. The Kier molecular flexibility index (Phi) is 5.91. The Balaban J connectivity index is 1.61. The van der Waals surface area contributed by atoms with Crippen molar-refractivity contribution in [2.45, 2.75) is 29.8 Å². The molecule has 0 spiro atoms. The standard InChI is InChI=1S/C23H21N3O5S/c24-22(28)19(12-15-6-2-1-3-7-15)25-23(29)20-14-21(27)31-32(30,26-20)18-11-10-16-8-4-5-9-17(16)13-18/h1-11,13,19-20H,12,14H2,(H2,24,28)(H,25,29)/t19?,20-,32?/m0/s1. The molecular formula is C23H21N3O5S. The second kappa shape index (κ2) is 8.80. The maximum absolute atomic E-state index is 13.4. The third-order valence-corrected chi connectivity index (χ3v) is 6.89. The molecule has 3 N–H and O–H groups in total. The Hall–Kier alpha value is -3.72. The van der Waals surface area contributed by atoms with Crippen LogP contribution in [0.3, 0.4) is 0 Å². The fraction of sp³-hybridized carbons (Fsp3) is 0.174. The largest absolute Gasteiger partial charge is 0.368 e. The van der Waals surface area contributed by atoms with Gasteiger partial charge in [-0.3, -0.25) is 14.4 Å². The van der Waals surface area contributed by atoms with E-state index in [0.29, 0.717) is 0 Å². The summed E-state index contributed by atoms with van der Waals surface area (Å²) in [5.41, 5.74) is 6.26. The number of rotatable bonds is 6. The summed E-state index contributed by atoms with van der Waals surface area (Å²) in [5.74, 6) is -2.25. The van der Waals surface area contributed by atoms with Gasteiger partial charge in [-0.2, -0.15) is 4.36 Å². The van der Waals surface area contributed by atoms with Gasteiger partial charge in [0.15, 0.2) is 6.04 Å². The molecule has 0 fully saturated rings. The SMILES string of the molecule is NC(=O)C(Cc1ccccc1)NC(=O)[C@@H]1CC(=O)OS(=O)(c2ccc3ccccc3c2)=N1. The Labute approximate surface area is 185 Å². The van der Waals surface area contributed by atoms with Crippen LogP contribution in [0.2, 0.25) is 0 Å². The molecule has 32 heavy (non-hydrogen) atoms. The van der Waals surface area contributed by atoms with E-state index in [2.05, 4.69) is 9.68 Å². The number of nitrogens with two attached hydrogens (primary N) is 1. The van der Waals surface area contributed by atoms with Gasteiger partial charge in [0.25, 0.3) is 0 Å². The molecule has 0 saturated heterocycles. The van der Waals surface area contributed by atoms with Gasteiger partial charge < -0.3 is 15.2 Å². The number of hydrogen-bond acceptors (Lipinski definition) is 6. The molecule has 0 aliphatic carbocycles. The molecule has 1 aliphatic rings. The van der Waals surface area contributed by atoms with Crippen LogP contribution in [0.1, 0.15) is 12.0 Å². The third kappa shape index (κ3) is 4.62. The zero-order valence-corrected chi connectivity index (χ0v) is 17.8. The van der Waals surface area contributed by atoms with Gasteiger partial charge in [0.05, 0.1) is 11.3 Å². The highest BCUT2D eigenvalue weighted by Crippen LogP contribution is 2.26. The van der Waals surface area contributed by atoms with E-state index in [1.165, 1.54) is 0 Å². The molecule has 0 radical (unpaired) electrons. The van der Waals surface area contributed by atoms with Crippen LogP contribution in [0, 0.1) is 0 Å². The van der Waals surface area contributed by atoms with Gasteiger partial charge in [-0.25, -0.2) is 4.21 Å². The van der Waals surface area contributed by atoms with Crippen molar-refractivity contribution >= 4 is 38.6 Å². The number of nitrogens with one attached hydrogen (secondary N) is 1. The summed E-state index contributed by atoms with van der Waals surface area (Å²) >= 11 is 0. The predicted octanol–water partition coefficient (Wildman–Crippen LogP) is 2.11. The summed E-state index contributed by atoms with van der Waals surface area (Å²) in [6.07, 6.45) is -0.202. The highest BCUT2D eigenvalue weighted by atomic mass is 32.2. The molecule has 3 aromatic carbocycles. The van der Waals surface area contributed by atoms with E-state index in [-0.39, 0.29) is 17.7 Å². The van der Waals surface area contributed by atoms with Crippen molar-refractivity contribution in [3.05, 3.63) is 78.4 Å². The number of nitrogens with zero attached hydrogens (tertiary/aromatic N) is 1. The Morgan fingerprint density at radius 2 is 1.75 bits per heavy atom. The Bertz CT molecular complexity index is 1320. The molecule has 1 heterocycles. The summed E-state index contributed by atoms with van der Waals surface area (Å²) in [4.78, 5) is 37.1. The molecule has 2 unspecified atom stereocenters. The smallest absolute Gasteiger partial charge is 0.323 e. The average Bonchev–Trinajstić information content (AvgIpc) is 2.78. The lowest BCUT2D eigenvalue weighted by Crippen LogP contribution is -2.50. The van der Waals surface area contributed by atoms with E-state index >= 15 is 0 Å². The lowest BCUT2D eigenvalue weighted by molar-refractivity contribution is -0.137. The number of benzene rings is 3. The maximum atomic E-state index is 13.4. The topological polar surface area (TPSA) is 128 Å². The molecule has 3 aromatic rings. The summed E-state index contributed by atoms with van der Waals surface area (Å²) < 4.78 is 22.6. The van der Waals surface area contributed by atoms with Gasteiger partial charge in [0.1, 0.15) is 6.04 Å². The van der Waals surface area contributed by atoms with Crippen LogP contribution in [-0.2, 0) is 35.0 Å². The number of hydrogen-bond donors (Lipinski definition) is 2. The molecule has 0 saturated carbocycles. The number of carbonyl (C=O) groups excluding carboxylic acids is 3. The van der Waals surface area contributed by atoms with E-state index in [1.807, 2.05) is 30.3 Å². The van der Waals surface area contributed by atoms with Crippen LogP contribution in [0.4, 0.5) is 0 Å². The monoisotopic (exact) mass is 451 g/mol. The van der Waals surface area contributed by atoms with Crippen molar-refractivity contribution in [1.82, 2.24) is 5.32 Å². The van der Waals surface area contributed by atoms with Gasteiger partial charge in [-0.05, 0) is 28.5 Å². The average molecular weight is 452 g/mol. The molecule has 9 heteroatoms. The van der Waals surface area contributed by atoms with Crippen LogP contribution in [0.5, 0.6) is 0 Å². The lowest BCUT2D eigenvalue weighted by Gasteiger charge is -2.23. The highest BCUT2D eigenvalue weighted by Gasteiger charge is 2.35. The molecule has 4 rings (SSSR count). The molecule has 0 bridgehead atoms.